The molecule has 0 aliphatic carbocycles. The van der Waals surface area contributed by atoms with Crippen LogP contribution in [-0.2, 0) is 10.0 Å². The van der Waals surface area contributed by atoms with Gasteiger partial charge in [-0.05, 0) is 30.3 Å². The van der Waals surface area contributed by atoms with Crippen LogP contribution in [0, 0.1) is 0 Å². The molecule has 1 aliphatic heterocycles. The Bertz CT molecular complexity index is 900. The average molecular weight is 416 g/mol. The number of benzene rings is 2. The summed E-state index contributed by atoms with van der Waals surface area (Å²) in [5.41, 5.74) is 1.27. The van der Waals surface area contributed by atoms with E-state index in [0.717, 1.165) is 31.9 Å². The van der Waals surface area contributed by atoms with Gasteiger partial charge in [0.1, 0.15) is 10.6 Å². The van der Waals surface area contributed by atoms with Crippen LogP contribution in [0.1, 0.15) is 0 Å². The first kappa shape index (κ1) is 19.1. The normalized spacial score (nSPS) is 15.0. The Morgan fingerprint density at radius 2 is 1.88 bits per heavy atom. The molecule has 0 saturated carbocycles. The lowest BCUT2D eigenvalue weighted by Gasteiger charge is -2.31. The SMILES string of the molecule is COc1ccc(NS(=O)(=O)c2cccc(Cl)c2Cl)cc1N1CCNCC1. The van der Waals surface area contributed by atoms with Crippen LogP contribution >= 0.6 is 23.2 Å². The van der Waals surface area contributed by atoms with Crippen molar-refractivity contribution in [1.29, 1.82) is 0 Å². The van der Waals surface area contributed by atoms with E-state index in [1.807, 2.05) is 0 Å². The molecule has 2 aromatic rings. The number of anilines is 2. The minimum atomic E-state index is -3.87. The van der Waals surface area contributed by atoms with Crippen molar-refractivity contribution < 1.29 is 13.2 Å². The van der Waals surface area contributed by atoms with Gasteiger partial charge in [-0.2, -0.15) is 0 Å². The molecule has 9 heteroatoms. The summed E-state index contributed by atoms with van der Waals surface area (Å²) < 4.78 is 33.4. The van der Waals surface area contributed by atoms with Gasteiger partial charge in [0, 0.05) is 26.2 Å². The van der Waals surface area contributed by atoms with Crippen molar-refractivity contribution in [3.8, 4) is 5.75 Å². The molecular weight excluding hydrogens is 397 g/mol. The molecule has 0 atom stereocenters. The second kappa shape index (κ2) is 7.92. The van der Waals surface area contributed by atoms with Crippen LogP contribution in [0.15, 0.2) is 41.3 Å². The maximum absolute atomic E-state index is 12.7. The Balaban J connectivity index is 1.93. The zero-order valence-corrected chi connectivity index (χ0v) is 16.5. The van der Waals surface area contributed by atoms with E-state index >= 15 is 0 Å². The Labute approximate surface area is 163 Å². The number of hydrogen-bond donors (Lipinski definition) is 2. The van der Waals surface area contributed by atoms with E-state index in [9.17, 15) is 8.42 Å². The summed E-state index contributed by atoms with van der Waals surface area (Å²) in [4.78, 5) is 2.09. The Kier molecular flexibility index (Phi) is 5.82. The predicted octanol–water partition coefficient (Wildman–Crippen LogP) is 3.21. The summed E-state index contributed by atoms with van der Waals surface area (Å²) in [5, 5.41) is 3.47. The lowest BCUT2D eigenvalue weighted by molar-refractivity contribution is 0.413. The summed E-state index contributed by atoms with van der Waals surface area (Å²) in [6, 6.07) is 9.66. The van der Waals surface area contributed by atoms with E-state index in [0.29, 0.717) is 11.4 Å². The summed E-state index contributed by atoms with van der Waals surface area (Å²) in [6.45, 7) is 3.34. The lowest BCUT2D eigenvalue weighted by atomic mass is 10.2. The molecule has 3 rings (SSSR count). The molecule has 0 radical (unpaired) electrons. The van der Waals surface area contributed by atoms with Gasteiger partial charge < -0.3 is 15.0 Å². The highest BCUT2D eigenvalue weighted by Crippen LogP contribution is 2.34. The number of methoxy groups -OCH3 is 1. The van der Waals surface area contributed by atoms with E-state index < -0.39 is 10.0 Å². The maximum Gasteiger partial charge on any atom is 0.263 e. The molecule has 140 valence electrons. The number of nitrogens with one attached hydrogen (secondary N) is 2. The Morgan fingerprint density at radius 1 is 1.15 bits per heavy atom. The number of piperazine rings is 1. The minimum Gasteiger partial charge on any atom is -0.495 e. The number of ether oxygens (including phenoxy) is 1. The van der Waals surface area contributed by atoms with Gasteiger partial charge in [0.05, 0.1) is 28.5 Å². The molecule has 1 saturated heterocycles. The van der Waals surface area contributed by atoms with Crippen LogP contribution in [-0.4, -0.2) is 41.7 Å². The van der Waals surface area contributed by atoms with E-state index in [1.54, 1.807) is 37.4 Å². The van der Waals surface area contributed by atoms with Crippen LogP contribution in [0.4, 0.5) is 11.4 Å². The predicted molar refractivity (Wildman–Crippen MR) is 105 cm³/mol. The number of rotatable bonds is 5. The second-order valence-corrected chi connectivity index (χ2v) is 8.22. The molecule has 0 spiro atoms. The number of hydrogen-bond acceptors (Lipinski definition) is 5. The fraction of sp³-hybridized carbons (Fsp3) is 0.294. The van der Waals surface area contributed by atoms with Gasteiger partial charge in [0.15, 0.2) is 0 Å². The van der Waals surface area contributed by atoms with Crippen LogP contribution in [0.25, 0.3) is 0 Å². The highest BCUT2D eigenvalue weighted by molar-refractivity contribution is 7.92. The maximum atomic E-state index is 12.7. The van der Waals surface area contributed by atoms with Gasteiger partial charge >= 0.3 is 0 Å². The van der Waals surface area contributed by atoms with Gasteiger partial charge in [-0.25, -0.2) is 8.42 Å². The molecular formula is C17H19Cl2N3O3S. The smallest absolute Gasteiger partial charge is 0.263 e. The van der Waals surface area contributed by atoms with Crippen LogP contribution in [0.2, 0.25) is 10.0 Å². The largest absolute Gasteiger partial charge is 0.495 e. The molecule has 26 heavy (non-hydrogen) atoms. The van der Waals surface area contributed by atoms with Crippen molar-refractivity contribution >= 4 is 44.6 Å². The monoisotopic (exact) mass is 415 g/mol. The number of sulfonamides is 1. The molecule has 1 fully saturated rings. The summed E-state index contributed by atoms with van der Waals surface area (Å²) >= 11 is 12.0. The van der Waals surface area contributed by atoms with Crippen molar-refractivity contribution in [2.24, 2.45) is 0 Å². The Hall–Kier alpha value is -1.67. The van der Waals surface area contributed by atoms with E-state index in [-0.39, 0.29) is 14.9 Å². The quantitative estimate of drug-likeness (QED) is 0.784. The van der Waals surface area contributed by atoms with Crippen molar-refractivity contribution in [2.45, 2.75) is 4.90 Å². The van der Waals surface area contributed by atoms with Gasteiger partial charge in [0.2, 0.25) is 0 Å². The fourth-order valence-electron chi connectivity index (χ4n) is 2.81. The molecule has 1 heterocycles. The molecule has 0 amide bonds. The van der Waals surface area contributed by atoms with E-state index in [4.69, 9.17) is 27.9 Å². The van der Waals surface area contributed by atoms with Gasteiger partial charge in [-0.15, -0.1) is 0 Å². The molecule has 2 aromatic carbocycles. The Morgan fingerprint density at radius 3 is 2.58 bits per heavy atom. The standard InChI is InChI=1S/C17H19Cl2N3O3S/c1-25-15-6-5-12(11-14(15)22-9-7-20-8-10-22)21-26(23,24)16-4-2-3-13(18)17(16)19/h2-6,11,20-21H,7-10H2,1H3. The molecule has 0 bridgehead atoms. The zero-order valence-electron chi connectivity index (χ0n) is 14.1. The lowest BCUT2D eigenvalue weighted by Crippen LogP contribution is -2.43. The van der Waals surface area contributed by atoms with E-state index in [1.165, 1.54) is 6.07 Å². The van der Waals surface area contributed by atoms with Crippen molar-refractivity contribution in [3.05, 3.63) is 46.4 Å². The van der Waals surface area contributed by atoms with Gasteiger partial charge in [-0.1, -0.05) is 29.3 Å². The zero-order chi connectivity index (χ0) is 18.7. The van der Waals surface area contributed by atoms with Crippen LogP contribution < -0.4 is 19.7 Å². The second-order valence-electron chi connectivity index (χ2n) is 5.78. The molecule has 0 unspecified atom stereocenters. The topological polar surface area (TPSA) is 70.7 Å². The third-order valence-electron chi connectivity index (χ3n) is 4.09. The van der Waals surface area contributed by atoms with Crippen LogP contribution in [0.3, 0.4) is 0 Å². The molecule has 6 nitrogen and oxygen atoms in total. The summed E-state index contributed by atoms with van der Waals surface area (Å²) in [6.07, 6.45) is 0. The van der Waals surface area contributed by atoms with Crippen LogP contribution in [0.5, 0.6) is 5.75 Å². The number of halogens is 2. The first-order chi connectivity index (χ1) is 12.4. The third-order valence-corrected chi connectivity index (χ3v) is 6.45. The highest BCUT2D eigenvalue weighted by atomic mass is 35.5. The average Bonchev–Trinajstić information content (AvgIpc) is 2.64. The first-order valence-corrected chi connectivity index (χ1v) is 10.3. The first-order valence-electron chi connectivity index (χ1n) is 8.03. The summed E-state index contributed by atoms with van der Waals surface area (Å²) in [7, 11) is -2.28. The number of nitrogens with zero attached hydrogens (tertiary/aromatic N) is 1. The minimum absolute atomic E-state index is 0.00231. The fourth-order valence-corrected chi connectivity index (χ4v) is 4.62. The van der Waals surface area contributed by atoms with Crippen molar-refractivity contribution in [3.63, 3.8) is 0 Å². The summed E-state index contributed by atoms with van der Waals surface area (Å²) in [5.74, 6) is 0.690. The van der Waals surface area contributed by atoms with E-state index in [2.05, 4.69) is 14.9 Å². The molecule has 2 N–H and O–H groups in total. The molecule has 1 aliphatic rings. The third kappa shape index (κ3) is 4.01. The highest BCUT2D eigenvalue weighted by Gasteiger charge is 2.21. The van der Waals surface area contributed by atoms with Gasteiger partial charge in [0.25, 0.3) is 10.0 Å². The van der Waals surface area contributed by atoms with Crippen molar-refractivity contribution in [2.75, 3.05) is 42.9 Å². The van der Waals surface area contributed by atoms with Crippen molar-refractivity contribution in [1.82, 2.24) is 5.32 Å². The van der Waals surface area contributed by atoms with Gasteiger partial charge in [-0.3, -0.25) is 4.72 Å². The molecule has 0 aromatic heterocycles.